The van der Waals surface area contributed by atoms with Crippen molar-refractivity contribution in [1.82, 2.24) is 4.90 Å². The fraction of sp³-hybridized carbons (Fsp3) is 0.333. The number of nitrogens with two attached hydrogens (primary N) is 2. The maximum absolute atomic E-state index is 6.13. The number of hydrogen-bond acceptors (Lipinski definition) is 3. The van der Waals surface area contributed by atoms with Crippen LogP contribution in [-0.2, 0) is 6.54 Å². The van der Waals surface area contributed by atoms with Crippen LogP contribution in [-0.4, -0.2) is 18.0 Å². The van der Waals surface area contributed by atoms with Gasteiger partial charge in [-0.2, -0.15) is 0 Å². The Hall–Kier alpha value is -2.00. The van der Waals surface area contributed by atoms with Gasteiger partial charge in [-0.25, -0.2) is 0 Å². The molecule has 0 atom stereocenters. The molecule has 4 N–H and O–H groups in total. The fourth-order valence-corrected chi connectivity index (χ4v) is 3.20. The molecule has 0 unspecified atom stereocenters. The van der Waals surface area contributed by atoms with Crippen molar-refractivity contribution in [3.05, 3.63) is 59.7 Å². The zero-order chi connectivity index (χ0) is 14.7. The molecule has 0 bridgehead atoms. The normalized spacial score (nSPS) is 17.0. The number of rotatable bonds is 3. The smallest absolute Gasteiger partial charge is 0.0583 e. The summed E-state index contributed by atoms with van der Waals surface area (Å²) in [5.41, 5.74) is 16.2. The first-order valence-electron chi connectivity index (χ1n) is 7.64. The first-order valence-corrected chi connectivity index (χ1v) is 7.64. The van der Waals surface area contributed by atoms with Crippen LogP contribution in [0.25, 0.3) is 0 Å². The molecule has 0 radical (unpaired) electrons. The quantitative estimate of drug-likeness (QED) is 0.849. The molecule has 1 heterocycles. The highest BCUT2D eigenvalue weighted by Crippen LogP contribution is 2.34. The topological polar surface area (TPSA) is 55.3 Å². The first kappa shape index (κ1) is 14.0. The van der Waals surface area contributed by atoms with Crippen LogP contribution < -0.4 is 11.5 Å². The molecular formula is C18H23N3. The molecule has 3 nitrogen and oxygen atoms in total. The molecule has 1 aliphatic rings. The first-order chi connectivity index (χ1) is 10.2. The molecule has 0 saturated carbocycles. The van der Waals surface area contributed by atoms with Gasteiger partial charge < -0.3 is 11.5 Å². The average Bonchev–Trinajstić information content (AvgIpc) is 2.52. The summed E-state index contributed by atoms with van der Waals surface area (Å²) in [6.07, 6.45) is 2.31. The molecule has 1 aliphatic heterocycles. The van der Waals surface area contributed by atoms with Crippen molar-refractivity contribution in [2.45, 2.75) is 25.3 Å². The number of hydrogen-bond donors (Lipinski definition) is 2. The minimum absolute atomic E-state index is 0.542. The largest absolute Gasteiger partial charge is 0.397 e. The van der Waals surface area contributed by atoms with Crippen molar-refractivity contribution >= 4 is 11.4 Å². The maximum Gasteiger partial charge on any atom is 0.0583 e. The van der Waals surface area contributed by atoms with E-state index < -0.39 is 0 Å². The average molecular weight is 281 g/mol. The van der Waals surface area contributed by atoms with Gasteiger partial charge in [0.15, 0.2) is 0 Å². The van der Waals surface area contributed by atoms with Crippen LogP contribution in [0.1, 0.15) is 29.9 Å². The molecule has 0 aromatic heterocycles. The molecule has 0 aliphatic carbocycles. The summed E-state index contributed by atoms with van der Waals surface area (Å²) in [6, 6.07) is 16.7. The number of nitrogen functional groups attached to an aromatic ring is 2. The highest BCUT2D eigenvalue weighted by molar-refractivity contribution is 5.68. The third-order valence-corrected chi connectivity index (χ3v) is 4.45. The van der Waals surface area contributed by atoms with Crippen molar-refractivity contribution in [2.24, 2.45) is 0 Å². The van der Waals surface area contributed by atoms with Crippen LogP contribution in [0.3, 0.4) is 0 Å². The molecular weight excluding hydrogens is 258 g/mol. The molecule has 1 saturated heterocycles. The number of anilines is 2. The van der Waals surface area contributed by atoms with Crippen LogP contribution in [0.5, 0.6) is 0 Å². The minimum Gasteiger partial charge on any atom is -0.397 e. The Morgan fingerprint density at radius 2 is 1.62 bits per heavy atom. The molecule has 3 heteroatoms. The summed E-state index contributed by atoms with van der Waals surface area (Å²) < 4.78 is 0. The van der Waals surface area contributed by atoms with Crippen LogP contribution in [0.4, 0.5) is 11.4 Å². The Morgan fingerprint density at radius 1 is 0.905 bits per heavy atom. The third kappa shape index (κ3) is 3.19. The van der Waals surface area contributed by atoms with E-state index in [2.05, 4.69) is 41.3 Å². The summed E-state index contributed by atoms with van der Waals surface area (Å²) in [4.78, 5) is 2.52. The van der Waals surface area contributed by atoms with Gasteiger partial charge in [-0.3, -0.25) is 4.90 Å². The lowest BCUT2D eigenvalue weighted by atomic mass is 9.88. The number of nitrogens with zero attached hydrogens (tertiary/aromatic N) is 1. The Labute approximate surface area is 126 Å². The maximum atomic E-state index is 6.13. The zero-order valence-corrected chi connectivity index (χ0v) is 12.3. The molecule has 21 heavy (non-hydrogen) atoms. The van der Waals surface area contributed by atoms with E-state index in [1.807, 2.05) is 12.1 Å². The SMILES string of the molecule is Nc1cccc(C2CCN(Cc3ccccc3)CC2)c1N. The summed E-state index contributed by atoms with van der Waals surface area (Å²) in [5, 5.41) is 0. The predicted molar refractivity (Wildman–Crippen MR) is 89.0 cm³/mol. The summed E-state index contributed by atoms with van der Waals surface area (Å²) in [6.45, 7) is 3.28. The van der Waals surface area contributed by atoms with E-state index >= 15 is 0 Å². The number of para-hydroxylation sites is 1. The second-order valence-electron chi connectivity index (χ2n) is 5.89. The Morgan fingerprint density at radius 3 is 2.33 bits per heavy atom. The van der Waals surface area contributed by atoms with E-state index in [1.165, 1.54) is 11.1 Å². The van der Waals surface area contributed by atoms with E-state index in [0.717, 1.165) is 38.2 Å². The molecule has 1 fully saturated rings. The molecule has 2 aromatic rings. The van der Waals surface area contributed by atoms with E-state index in [-0.39, 0.29) is 0 Å². The number of benzene rings is 2. The molecule has 3 rings (SSSR count). The minimum atomic E-state index is 0.542. The van der Waals surface area contributed by atoms with Gasteiger partial charge in [-0.05, 0) is 49.0 Å². The van der Waals surface area contributed by atoms with Gasteiger partial charge in [0, 0.05) is 6.54 Å². The summed E-state index contributed by atoms with van der Waals surface area (Å²) >= 11 is 0. The number of piperidine rings is 1. The second kappa shape index (κ2) is 6.19. The molecule has 0 amide bonds. The monoisotopic (exact) mass is 281 g/mol. The van der Waals surface area contributed by atoms with Crippen LogP contribution >= 0.6 is 0 Å². The molecule has 0 spiro atoms. The van der Waals surface area contributed by atoms with Gasteiger partial charge in [0.05, 0.1) is 11.4 Å². The van der Waals surface area contributed by atoms with E-state index in [1.54, 1.807) is 0 Å². The van der Waals surface area contributed by atoms with E-state index in [4.69, 9.17) is 11.5 Å². The second-order valence-corrected chi connectivity index (χ2v) is 5.89. The Bertz CT molecular complexity index is 587. The lowest BCUT2D eigenvalue weighted by Gasteiger charge is -2.32. The van der Waals surface area contributed by atoms with Gasteiger partial charge >= 0.3 is 0 Å². The van der Waals surface area contributed by atoms with Crippen LogP contribution in [0.15, 0.2) is 48.5 Å². The third-order valence-electron chi connectivity index (χ3n) is 4.45. The van der Waals surface area contributed by atoms with Gasteiger partial charge in [0.25, 0.3) is 0 Å². The van der Waals surface area contributed by atoms with E-state index in [9.17, 15) is 0 Å². The Kier molecular flexibility index (Phi) is 4.11. The lowest BCUT2D eigenvalue weighted by molar-refractivity contribution is 0.205. The lowest BCUT2D eigenvalue weighted by Crippen LogP contribution is -2.32. The number of likely N-dealkylation sites (tertiary alicyclic amines) is 1. The van der Waals surface area contributed by atoms with Crippen molar-refractivity contribution in [2.75, 3.05) is 24.6 Å². The van der Waals surface area contributed by atoms with Gasteiger partial charge in [-0.1, -0.05) is 42.5 Å². The van der Waals surface area contributed by atoms with Gasteiger partial charge in [0.2, 0.25) is 0 Å². The molecule has 2 aromatic carbocycles. The summed E-state index contributed by atoms with van der Waals surface area (Å²) in [5.74, 6) is 0.542. The standard InChI is InChI=1S/C18H23N3/c19-17-8-4-7-16(18(17)20)15-9-11-21(12-10-15)13-14-5-2-1-3-6-14/h1-8,15H,9-13,19-20H2. The van der Waals surface area contributed by atoms with Crippen LogP contribution in [0, 0.1) is 0 Å². The van der Waals surface area contributed by atoms with Crippen LogP contribution in [0.2, 0.25) is 0 Å². The fourth-order valence-electron chi connectivity index (χ4n) is 3.20. The zero-order valence-electron chi connectivity index (χ0n) is 12.3. The van der Waals surface area contributed by atoms with Crippen molar-refractivity contribution in [3.8, 4) is 0 Å². The molecule has 110 valence electrons. The van der Waals surface area contributed by atoms with Crippen molar-refractivity contribution in [3.63, 3.8) is 0 Å². The summed E-state index contributed by atoms with van der Waals surface area (Å²) in [7, 11) is 0. The highest BCUT2D eigenvalue weighted by atomic mass is 15.1. The van der Waals surface area contributed by atoms with Gasteiger partial charge in [0.1, 0.15) is 0 Å². The Balaban J connectivity index is 1.61. The van der Waals surface area contributed by atoms with Crippen molar-refractivity contribution in [1.29, 1.82) is 0 Å². The van der Waals surface area contributed by atoms with Crippen molar-refractivity contribution < 1.29 is 0 Å². The van der Waals surface area contributed by atoms with E-state index in [0.29, 0.717) is 11.6 Å². The predicted octanol–water partition coefficient (Wildman–Crippen LogP) is 3.23. The highest BCUT2D eigenvalue weighted by Gasteiger charge is 2.22. The van der Waals surface area contributed by atoms with Gasteiger partial charge in [-0.15, -0.1) is 0 Å².